The van der Waals surface area contributed by atoms with Crippen LogP contribution in [0.5, 0.6) is 5.75 Å². The van der Waals surface area contributed by atoms with E-state index in [1.807, 2.05) is 25.2 Å². The molecule has 2 aliphatic rings. The standard InChI is InChI=1S/C22H32N6O2/c1-15(30-10-9-24-2)12-28-16-7-8-17(28)14-27(13-16)20-11-19(25-26-22(20)23)18-5-3-4-6-21(18)29/h3-6,11,15-17,24,29H,7-10,12-14H2,1-2H3,(H2,23,26). The van der Waals surface area contributed by atoms with Gasteiger partial charge in [0, 0.05) is 43.8 Å². The number of nitrogen functional groups attached to an aromatic ring is 1. The Morgan fingerprint density at radius 3 is 2.67 bits per heavy atom. The van der Waals surface area contributed by atoms with Gasteiger partial charge in [-0.2, -0.15) is 0 Å². The summed E-state index contributed by atoms with van der Waals surface area (Å²) in [5, 5.41) is 21.7. The first-order valence-electron chi connectivity index (χ1n) is 10.7. The van der Waals surface area contributed by atoms with E-state index >= 15 is 0 Å². The number of aromatic nitrogens is 2. The fraction of sp³-hybridized carbons (Fsp3) is 0.545. The minimum absolute atomic E-state index is 0.194. The predicted octanol–water partition coefficient (Wildman–Crippen LogP) is 1.71. The lowest BCUT2D eigenvalue weighted by Crippen LogP contribution is -2.55. The van der Waals surface area contributed by atoms with Gasteiger partial charge in [-0.15, -0.1) is 10.2 Å². The van der Waals surface area contributed by atoms with Gasteiger partial charge in [0.1, 0.15) is 5.75 Å². The third-order valence-electron chi connectivity index (χ3n) is 6.18. The minimum Gasteiger partial charge on any atom is -0.507 e. The van der Waals surface area contributed by atoms with E-state index in [0.29, 0.717) is 29.2 Å². The number of benzene rings is 1. The molecular weight excluding hydrogens is 380 g/mol. The maximum Gasteiger partial charge on any atom is 0.169 e. The molecular formula is C22H32N6O2. The molecule has 2 fully saturated rings. The number of likely N-dealkylation sites (N-methyl/N-ethyl adjacent to an activating group) is 1. The fourth-order valence-electron chi connectivity index (χ4n) is 4.66. The van der Waals surface area contributed by atoms with Gasteiger partial charge in [0.15, 0.2) is 5.82 Å². The maximum atomic E-state index is 10.2. The number of para-hydroxylation sites is 1. The first-order chi connectivity index (χ1) is 14.6. The van der Waals surface area contributed by atoms with Gasteiger partial charge in [0.25, 0.3) is 0 Å². The zero-order valence-corrected chi connectivity index (χ0v) is 17.8. The Bertz CT molecular complexity index is 849. The SMILES string of the molecule is CNCCOC(C)CN1C2CCC1CN(c1cc(-c3ccccc3O)nnc1N)C2. The maximum absolute atomic E-state index is 10.2. The molecule has 2 saturated heterocycles. The summed E-state index contributed by atoms with van der Waals surface area (Å²) in [7, 11) is 1.94. The van der Waals surface area contributed by atoms with Crippen LogP contribution in [0.4, 0.5) is 11.5 Å². The molecule has 8 nitrogen and oxygen atoms in total. The number of nitrogens with two attached hydrogens (primary N) is 1. The Kier molecular flexibility index (Phi) is 6.36. The highest BCUT2D eigenvalue weighted by molar-refractivity contribution is 5.74. The van der Waals surface area contributed by atoms with Crippen LogP contribution >= 0.6 is 0 Å². The number of fused-ring (bicyclic) bond motifs is 2. The average molecular weight is 413 g/mol. The van der Waals surface area contributed by atoms with Crippen LogP contribution in [-0.2, 0) is 4.74 Å². The number of ether oxygens (including phenoxy) is 1. The number of rotatable bonds is 8. The van der Waals surface area contributed by atoms with Crippen molar-refractivity contribution in [3.05, 3.63) is 30.3 Å². The summed E-state index contributed by atoms with van der Waals surface area (Å²) in [6.07, 6.45) is 2.60. The number of hydrogen-bond acceptors (Lipinski definition) is 8. The molecule has 4 N–H and O–H groups in total. The quantitative estimate of drug-likeness (QED) is 0.564. The van der Waals surface area contributed by atoms with Gasteiger partial charge in [-0.3, -0.25) is 4.90 Å². The predicted molar refractivity (Wildman–Crippen MR) is 119 cm³/mol. The van der Waals surface area contributed by atoms with Crippen molar-refractivity contribution >= 4 is 11.5 Å². The molecule has 0 aliphatic carbocycles. The van der Waals surface area contributed by atoms with E-state index in [-0.39, 0.29) is 11.9 Å². The molecule has 0 spiro atoms. The third kappa shape index (κ3) is 4.35. The van der Waals surface area contributed by atoms with E-state index in [9.17, 15) is 5.11 Å². The molecule has 3 atom stereocenters. The van der Waals surface area contributed by atoms with E-state index in [0.717, 1.165) is 38.5 Å². The molecule has 8 heteroatoms. The Morgan fingerprint density at radius 2 is 1.97 bits per heavy atom. The van der Waals surface area contributed by atoms with Crippen LogP contribution in [0.1, 0.15) is 19.8 Å². The van der Waals surface area contributed by atoms with Crippen molar-refractivity contribution < 1.29 is 9.84 Å². The van der Waals surface area contributed by atoms with E-state index < -0.39 is 0 Å². The van der Waals surface area contributed by atoms with E-state index in [2.05, 4.69) is 32.2 Å². The molecule has 3 heterocycles. The molecule has 2 bridgehead atoms. The zero-order valence-electron chi connectivity index (χ0n) is 17.8. The van der Waals surface area contributed by atoms with Gasteiger partial charge >= 0.3 is 0 Å². The van der Waals surface area contributed by atoms with Crippen molar-refractivity contribution in [2.24, 2.45) is 0 Å². The van der Waals surface area contributed by atoms with Gasteiger partial charge in [-0.1, -0.05) is 12.1 Å². The summed E-state index contributed by atoms with van der Waals surface area (Å²) in [6, 6.07) is 10.1. The number of hydrogen-bond donors (Lipinski definition) is 3. The summed E-state index contributed by atoms with van der Waals surface area (Å²) in [5.74, 6) is 0.630. The summed E-state index contributed by atoms with van der Waals surface area (Å²) in [5.41, 5.74) is 8.42. The summed E-state index contributed by atoms with van der Waals surface area (Å²) >= 11 is 0. The molecule has 162 valence electrons. The number of phenols is 1. The number of nitrogens with one attached hydrogen (secondary N) is 1. The van der Waals surface area contributed by atoms with Crippen molar-refractivity contribution in [2.75, 3.05) is 50.5 Å². The lowest BCUT2D eigenvalue weighted by atomic mass is 10.1. The van der Waals surface area contributed by atoms with Gasteiger partial charge in [-0.05, 0) is 45.0 Å². The highest BCUT2D eigenvalue weighted by Crippen LogP contribution is 2.36. The highest BCUT2D eigenvalue weighted by Gasteiger charge is 2.41. The Hall–Kier alpha value is -2.42. The van der Waals surface area contributed by atoms with Crippen LogP contribution in [0.15, 0.2) is 30.3 Å². The largest absolute Gasteiger partial charge is 0.507 e. The van der Waals surface area contributed by atoms with Crippen molar-refractivity contribution in [1.29, 1.82) is 0 Å². The molecule has 0 saturated carbocycles. The van der Waals surface area contributed by atoms with Crippen molar-refractivity contribution in [3.63, 3.8) is 0 Å². The summed E-state index contributed by atoms with van der Waals surface area (Å²) in [6.45, 7) is 6.55. The van der Waals surface area contributed by atoms with Crippen LogP contribution in [0.25, 0.3) is 11.3 Å². The van der Waals surface area contributed by atoms with E-state index in [1.165, 1.54) is 12.8 Å². The number of anilines is 2. The summed E-state index contributed by atoms with van der Waals surface area (Å²) < 4.78 is 5.94. The smallest absolute Gasteiger partial charge is 0.169 e. The molecule has 1 aromatic carbocycles. The fourth-order valence-corrected chi connectivity index (χ4v) is 4.66. The third-order valence-corrected chi connectivity index (χ3v) is 6.18. The van der Waals surface area contributed by atoms with Crippen LogP contribution in [0.2, 0.25) is 0 Å². The molecule has 0 amide bonds. The number of nitrogens with zero attached hydrogens (tertiary/aromatic N) is 4. The molecule has 2 aliphatic heterocycles. The van der Waals surface area contributed by atoms with Crippen molar-refractivity contribution in [3.8, 4) is 17.0 Å². The summed E-state index contributed by atoms with van der Waals surface area (Å²) in [4.78, 5) is 4.94. The Balaban J connectivity index is 1.47. The van der Waals surface area contributed by atoms with Crippen LogP contribution < -0.4 is 16.0 Å². The van der Waals surface area contributed by atoms with Gasteiger partial charge in [0.05, 0.1) is 24.1 Å². The zero-order chi connectivity index (χ0) is 21.1. The number of phenolic OH excluding ortho intramolecular Hbond substituents is 1. The second-order valence-corrected chi connectivity index (χ2v) is 8.29. The number of piperazine rings is 1. The van der Waals surface area contributed by atoms with E-state index in [4.69, 9.17) is 10.5 Å². The van der Waals surface area contributed by atoms with Gasteiger partial charge in [0.2, 0.25) is 0 Å². The first kappa shape index (κ1) is 20.8. The topological polar surface area (TPSA) is 99.8 Å². The minimum atomic E-state index is 0.194. The van der Waals surface area contributed by atoms with E-state index in [1.54, 1.807) is 12.1 Å². The molecule has 1 aromatic heterocycles. The Labute approximate surface area is 178 Å². The average Bonchev–Trinajstić information content (AvgIpc) is 2.96. The van der Waals surface area contributed by atoms with Gasteiger partial charge < -0.3 is 25.8 Å². The first-order valence-corrected chi connectivity index (χ1v) is 10.7. The lowest BCUT2D eigenvalue weighted by molar-refractivity contribution is 0.0229. The second kappa shape index (κ2) is 9.16. The second-order valence-electron chi connectivity index (χ2n) is 8.29. The molecule has 4 rings (SSSR count). The van der Waals surface area contributed by atoms with Crippen LogP contribution in [-0.4, -0.2) is 78.2 Å². The lowest BCUT2D eigenvalue weighted by Gasteiger charge is -2.43. The monoisotopic (exact) mass is 412 g/mol. The van der Waals surface area contributed by atoms with Gasteiger partial charge in [-0.25, -0.2) is 0 Å². The normalized spacial score (nSPS) is 22.4. The molecule has 30 heavy (non-hydrogen) atoms. The van der Waals surface area contributed by atoms with Crippen molar-refractivity contribution in [2.45, 2.75) is 38.0 Å². The highest BCUT2D eigenvalue weighted by atomic mass is 16.5. The van der Waals surface area contributed by atoms with Crippen molar-refractivity contribution in [1.82, 2.24) is 20.4 Å². The molecule has 2 aromatic rings. The van der Waals surface area contributed by atoms with Crippen LogP contribution in [0, 0.1) is 0 Å². The molecule has 3 unspecified atom stereocenters. The van der Waals surface area contributed by atoms with Crippen LogP contribution in [0.3, 0.4) is 0 Å². The Morgan fingerprint density at radius 1 is 1.23 bits per heavy atom. The number of aromatic hydroxyl groups is 1. The molecule has 0 radical (unpaired) electrons.